The van der Waals surface area contributed by atoms with Gasteiger partial charge in [-0.2, -0.15) is 0 Å². The molecule has 65 heavy (non-hydrogen) atoms. The smallest absolute Gasteiger partial charge is 0.306 e. The first-order chi connectivity index (χ1) is 31.8. The second-order valence-corrected chi connectivity index (χ2v) is 20.8. The molecule has 0 heterocycles. The van der Waals surface area contributed by atoms with Gasteiger partial charge in [-0.3, -0.25) is 14.4 Å². The zero-order valence-corrected chi connectivity index (χ0v) is 44.6. The fraction of sp³-hybridized carbons (Fsp3) is 0.949. The lowest BCUT2D eigenvalue weighted by atomic mass is 9.99. The van der Waals surface area contributed by atoms with Crippen LogP contribution in [0.5, 0.6) is 0 Å². The van der Waals surface area contributed by atoms with Crippen molar-refractivity contribution in [2.45, 2.75) is 336 Å². The Morgan fingerprint density at radius 1 is 0.308 bits per heavy atom. The average Bonchev–Trinajstić information content (AvgIpc) is 3.30. The highest BCUT2D eigenvalue weighted by atomic mass is 16.6. The molecule has 2 unspecified atom stereocenters. The Hall–Kier alpha value is -1.59. The molecule has 6 nitrogen and oxygen atoms in total. The normalized spacial score (nSPS) is 12.9. The highest BCUT2D eigenvalue weighted by Gasteiger charge is 2.19. The molecule has 0 aromatic carbocycles. The molecule has 0 aliphatic carbocycles. The van der Waals surface area contributed by atoms with Gasteiger partial charge in [0, 0.05) is 19.3 Å². The molecule has 0 aromatic rings. The first-order valence-corrected chi connectivity index (χ1v) is 29.3. The lowest BCUT2D eigenvalue weighted by Crippen LogP contribution is -2.30. The molecule has 0 saturated carbocycles. The van der Waals surface area contributed by atoms with Crippen LogP contribution in [0.25, 0.3) is 0 Å². The van der Waals surface area contributed by atoms with E-state index in [2.05, 4.69) is 34.6 Å². The van der Waals surface area contributed by atoms with E-state index in [1.165, 1.54) is 218 Å². The second-order valence-electron chi connectivity index (χ2n) is 20.8. The van der Waals surface area contributed by atoms with Crippen LogP contribution in [-0.2, 0) is 28.6 Å². The molecule has 0 saturated heterocycles. The molecule has 0 radical (unpaired) electrons. The Morgan fingerprint density at radius 2 is 0.538 bits per heavy atom. The van der Waals surface area contributed by atoms with Crippen molar-refractivity contribution in [3.63, 3.8) is 0 Å². The minimum Gasteiger partial charge on any atom is -0.462 e. The summed E-state index contributed by atoms with van der Waals surface area (Å²) in [5.74, 6) is 0.959. The summed E-state index contributed by atoms with van der Waals surface area (Å²) in [6.07, 6.45) is 55.3. The molecule has 0 bridgehead atoms. The summed E-state index contributed by atoms with van der Waals surface area (Å²) in [6, 6.07) is 0. The van der Waals surface area contributed by atoms with Gasteiger partial charge in [-0.15, -0.1) is 0 Å². The molecule has 0 spiro atoms. The van der Waals surface area contributed by atoms with E-state index in [0.717, 1.165) is 69.6 Å². The van der Waals surface area contributed by atoms with Crippen molar-refractivity contribution in [3.05, 3.63) is 0 Å². The predicted molar refractivity (Wildman–Crippen MR) is 280 cm³/mol. The van der Waals surface area contributed by atoms with Gasteiger partial charge in [-0.05, 0) is 31.1 Å². The Morgan fingerprint density at radius 3 is 0.800 bits per heavy atom. The van der Waals surface area contributed by atoms with Crippen molar-refractivity contribution in [2.75, 3.05) is 13.2 Å². The number of hydrogen-bond donors (Lipinski definition) is 0. The van der Waals surface area contributed by atoms with Crippen molar-refractivity contribution in [3.8, 4) is 0 Å². The van der Waals surface area contributed by atoms with Crippen LogP contribution in [0, 0.1) is 11.8 Å². The van der Waals surface area contributed by atoms with E-state index in [1.54, 1.807) is 0 Å². The third kappa shape index (κ3) is 50.1. The lowest BCUT2D eigenvalue weighted by molar-refractivity contribution is -0.167. The molecule has 3 atom stereocenters. The Bertz CT molecular complexity index is 997. The molecule has 0 aliphatic rings. The van der Waals surface area contributed by atoms with E-state index in [1.807, 2.05) is 0 Å². The summed E-state index contributed by atoms with van der Waals surface area (Å²) in [5, 5.41) is 0. The fourth-order valence-electron chi connectivity index (χ4n) is 8.99. The summed E-state index contributed by atoms with van der Waals surface area (Å²) in [4.78, 5) is 38.0. The first kappa shape index (κ1) is 63.4. The predicted octanol–water partition coefficient (Wildman–Crippen LogP) is 19.3. The van der Waals surface area contributed by atoms with Crippen LogP contribution < -0.4 is 0 Å². The van der Waals surface area contributed by atoms with Gasteiger partial charge in [0.2, 0.25) is 0 Å². The molecular formula is C59H114O6. The zero-order valence-electron chi connectivity index (χ0n) is 44.6. The number of unbranched alkanes of at least 4 members (excludes halogenated alkanes) is 36. The third-order valence-electron chi connectivity index (χ3n) is 14.2. The number of carbonyl (C=O) groups is 3. The molecular weight excluding hydrogens is 805 g/mol. The molecule has 0 rings (SSSR count). The van der Waals surface area contributed by atoms with Crippen LogP contribution in [0.2, 0.25) is 0 Å². The summed E-state index contributed by atoms with van der Waals surface area (Å²) < 4.78 is 16.8. The largest absolute Gasteiger partial charge is 0.462 e. The number of ether oxygens (including phenoxy) is 3. The van der Waals surface area contributed by atoms with Gasteiger partial charge >= 0.3 is 17.9 Å². The van der Waals surface area contributed by atoms with Gasteiger partial charge in [0.05, 0.1) is 0 Å². The zero-order chi connectivity index (χ0) is 47.5. The molecule has 0 fully saturated rings. The number of carbonyl (C=O) groups excluding carboxylic acids is 3. The first-order valence-electron chi connectivity index (χ1n) is 29.3. The molecule has 6 heteroatoms. The summed E-state index contributed by atoms with van der Waals surface area (Å²) in [5.41, 5.74) is 0. The monoisotopic (exact) mass is 919 g/mol. The van der Waals surface area contributed by atoms with E-state index in [4.69, 9.17) is 14.2 Å². The van der Waals surface area contributed by atoms with Crippen molar-refractivity contribution in [1.29, 1.82) is 0 Å². The van der Waals surface area contributed by atoms with Gasteiger partial charge in [0.25, 0.3) is 0 Å². The maximum atomic E-state index is 12.8. The van der Waals surface area contributed by atoms with Gasteiger partial charge < -0.3 is 14.2 Å². The van der Waals surface area contributed by atoms with E-state index in [9.17, 15) is 14.4 Å². The quantitative estimate of drug-likeness (QED) is 0.0344. The van der Waals surface area contributed by atoms with Crippen LogP contribution in [0.4, 0.5) is 0 Å². The number of rotatable bonds is 53. The van der Waals surface area contributed by atoms with Gasteiger partial charge in [-0.25, -0.2) is 0 Å². The minimum absolute atomic E-state index is 0.0631. The van der Waals surface area contributed by atoms with Gasteiger partial charge in [0.1, 0.15) is 13.2 Å². The van der Waals surface area contributed by atoms with E-state index in [-0.39, 0.29) is 31.1 Å². The Kier molecular flexibility index (Phi) is 50.5. The van der Waals surface area contributed by atoms with E-state index < -0.39 is 6.10 Å². The maximum absolute atomic E-state index is 12.8. The number of esters is 3. The molecule has 0 N–H and O–H groups in total. The van der Waals surface area contributed by atoms with Crippen molar-refractivity contribution in [1.82, 2.24) is 0 Å². The van der Waals surface area contributed by atoms with Crippen LogP contribution >= 0.6 is 0 Å². The van der Waals surface area contributed by atoms with Crippen LogP contribution in [0.3, 0.4) is 0 Å². The average molecular weight is 920 g/mol. The number of hydrogen-bond acceptors (Lipinski definition) is 6. The SMILES string of the molecule is CCCCCCCCCC(=O)OC[C@H](COC(=O)CCCCCCCCCCCCCCCCC(C)CC)OC(=O)CCCCCCCCCCCCCCCCCCCCC(C)CC. The van der Waals surface area contributed by atoms with Crippen molar-refractivity contribution >= 4 is 17.9 Å². The topological polar surface area (TPSA) is 78.9 Å². The minimum atomic E-state index is -0.761. The van der Waals surface area contributed by atoms with E-state index >= 15 is 0 Å². The summed E-state index contributed by atoms with van der Waals surface area (Å²) in [6.45, 7) is 11.5. The lowest BCUT2D eigenvalue weighted by Gasteiger charge is -2.18. The second kappa shape index (κ2) is 51.8. The van der Waals surface area contributed by atoms with Crippen LogP contribution in [-0.4, -0.2) is 37.2 Å². The van der Waals surface area contributed by atoms with Crippen LogP contribution in [0.1, 0.15) is 330 Å². The van der Waals surface area contributed by atoms with Crippen molar-refractivity contribution < 1.29 is 28.6 Å². The van der Waals surface area contributed by atoms with Gasteiger partial charge in [0.15, 0.2) is 6.10 Å². The summed E-state index contributed by atoms with van der Waals surface area (Å²) >= 11 is 0. The highest BCUT2D eigenvalue weighted by Crippen LogP contribution is 2.19. The Balaban J connectivity index is 4.12. The molecule has 386 valence electrons. The molecule has 0 aromatic heterocycles. The highest BCUT2D eigenvalue weighted by molar-refractivity contribution is 5.71. The summed E-state index contributed by atoms with van der Waals surface area (Å²) in [7, 11) is 0. The fourth-order valence-corrected chi connectivity index (χ4v) is 8.99. The molecule has 0 amide bonds. The molecule has 0 aliphatic heterocycles. The van der Waals surface area contributed by atoms with E-state index in [0.29, 0.717) is 19.3 Å². The van der Waals surface area contributed by atoms with Crippen molar-refractivity contribution in [2.24, 2.45) is 11.8 Å². The van der Waals surface area contributed by atoms with Gasteiger partial charge in [-0.1, -0.05) is 291 Å². The standard InChI is InChI=1S/C59H114O6/c1-6-9-10-11-32-39-44-49-57(60)63-52-56(53-64-58(61)50-45-40-35-30-26-22-19-18-21-25-29-34-38-43-48-55(5)8-3)65-59(62)51-46-41-36-31-27-23-17-15-13-12-14-16-20-24-28-33-37-42-47-54(4)7-2/h54-56H,6-53H2,1-5H3/t54?,55?,56-/m1/s1. The third-order valence-corrected chi connectivity index (χ3v) is 14.2. The van der Waals surface area contributed by atoms with Crippen LogP contribution in [0.15, 0.2) is 0 Å². The Labute approximate surface area is 406 Å². The maximum Gasteiger partial charge on any atom is 0.306 e.